The summed E-state index contributed by atoms with van der Waals surface area (Å²) in [5.41, 5.74) is 10.6. The SMILES string of the molecule is CN1CCN2C3=C(C=C=C(N)C=C3)OCC2C1. The summed E-state index contributed by atoms with van der Waals surface area (Å²) >= 11 is 0. The number of nitrogens with two attached hydrogens (primary N) is 1. The Morgan fingerprint density at radius 1 is 1.41 bits per heavy atom. The molecular weight excluding hydrogens is 214 g/mol. The van der Waals surface area contributed by atoms with Gasteiger partial charge in [-0.15, -0.1) is 0 Å². The van der Waals surface area contributed by atoms with Gasteiger partial charge in [-0.2, -0.15) is 0 Å². The third-order valence-corrected chi connectivity index (χ3v) is 3.47. The number of fused-ring (bicyclic) bond motifs is 2. The van der Waals surface area contributed by atoms with Crippen molar-refractivity contribution in [1.29, 1.82) is 0 Å². The van der Waals surface area contributed by atoms with E-state index in [1.165, 1.54) is 0 Å². The van der Waals surface area contributed by atoms with Crippen LogP contribution in [0.15, 0.2) is 41.1 Å². The van der Waals surface area contributed by atoms with Crippen LogP contribution in [0.2, 0.25) is 0 Å². The van der Waals surface area contributed by atoms with Gasteiger partial charge in [-0.05, 0) is 19.2 Å². The molecule has 2 N–H and O–H groups in total. The summed E-state index contributed by atoms with van der Waals surface area (Å²) in [6, 6.07) is 0.449. The van der Waals surface area contributed by atoms with Crippen molar-refractivity contribution in [3.8, 4) is 0 Å². The molecule has 4 heteroatoms. The van der Waals surface area contributed by atoms with Crippen LogP contribution < -0.4 is 5.73 Å². The molecule has 0 bridgehead atoms. The summed E-state index contributed by atoms with van der Waals surface area (Å²) in [7, 11) is 2.16. The van der Waals surface area contributed by atoms with E-state index >= 15 is 0 Å². The van der Waals surface area contributed by atoms with E-state index in [1.54, 1.807) is 0 Å². The zero-order valence-electron chi connectivity index (χ0n) is 10.0. The van der Waals surface area contributed by atoms with E-state index in [1.807, 2.05) is 18.2 Å². The van der Waals surface area contributed by atoms with Gasteiger partial charge in [0.25, 0.3) is 0 Å². The molecule has 1 atom stereocenters. The summed E-state index contributed by atoms with van der Waals surface area (Å²) < 4.78 is 5.80. The van der Waals surface area contributed by atoms with Crippen LogP contribution in [0, 0.1) is 0 Å². The lowest BCUT2D eigenvalue weighted by molar-refractivity contribution is 0.0353. The Bertz CT molecular complexity index is 457. The van der Waals surface area contributed by atoms with Crippen LogP contribution in [0.4, 0.5) is 0 Å². The van der Waals surface area contributed by atoms with Crippen LogP contribution in [-0.4, -0.2) is 49.1 Å². The predicted molar refractivity (Wildman–Crippen MR) is 65.9 cm³/mol. The highest BCUT2D eigenvalue weighted by Gasteiger charge is 2.31. The first kappa shape index (κ1) is 10.5. The van der Waals surface area contributed by atoms with Crippen molar-refractivity contribution >= 4 is 0 Å². The average molecular weight is 231 g/mol. The number of piperazine rings is 1. The molecule has 0 radical (unpaired) electrons. The molecule has 0 amide bonds. The van der Waals surface area contributed by atoms with E-state index in [2.05, 4.69) is 22.6 Å². The van der Waals surface area contributed by atoms with Crippen molar-refractivity contribution in [2.75, 3.05) is 33.3 Å². The molecule has 2 heterocycles. The second-order valence-electron chi connectivity index (χ2n) is 4.75. The molecule has 0 aromatic rings. The van der Waals surface area contributed by atoms with Gasteiger partial charge in [-0.25, -0.2) is 0 Å². The fraction of sp³-hybridized carbons (Fsp3) is 0.462. The Labute approximate surface area is 101 Å². The smallest absolute Gasteiger partial charge is 0.150 e. The number of rotatable bonds is 0. The third kappa shape index (κ3) is 1.86. The van der Waals surface area contributed by atoms with Gasteiger partial charge in [0.15, 0.2) is 0 Å². The van der Waals surface area contributed by atoms with Crippen molar-refractivity contribution < 1.29 is 4.74 Å². The highest BCUT2D eigenvalue weighted by molar-refractivity contribution is 5.37. The van der Waals surface area contributed by atoms with Crippen LogP contribution >= 0.6 is 0 Å². The number of hydrogen-bond donors (Lipinski definition) is 1. The molecule has 1 unspecified atom stereocenters. The number of likely N-dealkylation sites (N-methyl/N-ethyl adjacent to an activating group) is 1. The first-order chi connectivity index (χ1) is 8.24. The zero-order chi connectivity index (χ0) is 11.8. The molecule has 90 valence electrons. The van der Waals surface area contributed by atoms with Gasteiger partial charge in [0.2, 0.25) is 0 Å². The Morgan fingerprint density at radius 2 is 2.29 bits per heavy atom. The van der Waals surface area contributed by atoms with Gasteiger partial charge in [-0.3, -0.25) is 0 Å². The van der Waals surface area contributed by atoms with E-state index in [9.17, 15) is 0 Å². The number of ether oxygens (including phenoxy) is 1. The summed E-state index contributed by atoms with van der Waals surface area (Å²) in [6.45, 7) is 3.93. The average Bonchev–Trinajstić information content (AvgIpc) is 2.51. The zero-order valence-corrected chi connectivity index (χ0v) is 10.0. The molecule has 4 nitrogen and oxygen atoms in total. The molecule has 1 fully saturated rings. The standard InChI is InChI=1S/C13H17N3O/c1-15-6-7-16-11(8-15)9-17-13-5-3-10(14)2-4-12(13)16/h2,4-5,11H,6-9,14H2,1H3. The van der Waals surface area contributed by atoms with Crippen molar-refractivity contribution in [2.24, 2.45) is 5.73 Å². The third-order valence-electron chi connectivity index (χ3n) is 3.47. The van der Waals surface area contributed by atoms with Gasteiger partial charge in [0.05, 0.1) is 17.4 Å². The van der Waals surface area contributed by atoms with Crippen LogP contribution in [0.25, 0.3) is 0 Å². The molecule has 0 aromatic carbocycles. The van der Waals surface area contributed by atoms with Crippen LogP contribution in [0.3, 0.4) is 0 Å². The highest BCUT2D eigenvalue weighted by atomic mass is 16.5. The van der Waals surface area contributed by atoms with Gasteiger partial charge < -0.3 is 20.3 Å². The van der Waals surface area contributed by atoms with E-state index in [-0.39, 0.29) is 0 Å². The lowest BCUT2D eigenvalue weighted by atomic mass is 10.1. The predicted octanol–water partition coefficient (Wildman–Crippen LogP) is 0.412. The maximum absolute atomic E-state index is 5.80. The summed E-state index contributed by atoms with van der Waals surface area (Å²) in [5.74, 6) is 0.891. The summed E-state index contributed by atoms with van der Waals surface area (Å²) in [4.78, 5) is 4.77. The summed E-state index contributed by atoms with van der Waals surface area (Å²) in [5, 5.41) is 0. The van der Waals surface area contributed by atoms with Gasteiger partial charge in [-0.1, -0.05) is 5.73 Å². The lowest BCUT2D eigenvalue weighted by Gasteiger charge is -2.44. The molecule has 1 saturated heterocycles. The van der Waals surface area contributed by atoms with E-state index < -0.39 is 0 Å². The molecule has 3 rings (SSSR count). The van der Waals surface area contributed by atoms with Crippen LogP contribution in [0.1, 0.15) is 0 Å². The number of hydrogen-bond acceptors (Lipinski definition) is 4. The monoisotopic (exact) mass is 231 g/mol. The molecule has 1 aliphatic carbocycles. The van der Waals surface area contributed by atoms with Gasteiger partial charge in [0, 0.05) is 25.7 Å². The Kier molecular flexibility index (Phi) is 2.46. The second kappa shape index (κ2) is 3.99. The molecule has 0 spiro atoms. The molecule has 3 aliphatic rings. The maximum atomic E-state index is 5.80. The van der Waals surface area contributed by atoms with Crippen molar-refractivity contribution in [3.63, 3.8) is 0 Å². The highest BCUT2D eigenvalue weighted by Crippen LogP contribution is 2.27. The minimum atomic E-state index is 0.449. The second-order valence-corrected chi connectivity index (χ2v) is 4.75. The van der Waals surface area contributed by atoms with Crippen LogP contribution in [-0.2, 0) is 4.74 Å². The minimum absolute atomic E-state index is 0.449. The van der Waals surface area contributed by atoms with Gasteiger partial charge in [0.1, 0.15) is 12.4 Å². The minimum Gasteiger partial charge on any atom is -0.489 e. The number of nitrogens with zero attached hydrogens (tertiary/aromatic N) is 2. The number of allylic oxidation sites excluding steroid dienone is 2. The molecule has 17 heavy (non-hydrogen) atoms. The Balaban J connectivity index is 1.93. The van der Waals surface area contributed by atoms with E-state index in [4.69, 9.17) is 10.5 Å². The molecule has 0 saturated carbocycles. The molecular formula is C13H17N3O. The quantitative estimate of drug-likeness (QED) is 0.613. The Hall–Kier alpha value is -1.64. The largest absolute Gasteiger partial charge is 0.489 e. The normalized spacial score (nSPS) is 28.2. The maximum Gasteiger partial charge on any atom is 0.150 e. The van der Waals surface area contributed by atoms with Crippen molar-refractivity contribution in [2.45, 2.75) is 6.04 Å². The molecule has 2 aliphatic heterocycles. The Morgan fingerprint density at radius 3 is 3.18 bits per heavy atom. The molecule has 0 aromatic heterocycles. The topological polar surface area (TPSA) is 41.7 Å². The first-order valence-corrected chi connectivity index (χ1v) is 5.96. The van der Waals surface area contributed by atoms with E-state index in [0.29, 0.717) is 11.7 Å². The summed E-state index contributed by atoms with van der Waals surface area (Å²) in [6.07, 6.45) is 5.78. The first-order valence-electron chi connectivity index (χ1n) is 5.96. The van der Waals surface area contributed by atoms with Crippen molar-refractivity contribution in [3.05, 3.63) is 41.1 Å². The fourth-order valence-corrected chi connectivity index (χ4v) is 2.53. The lowest BCUT2D eigenvalue weighted by Crippen LogP contribution is -2.54. The van der Waals surface area contributed by atoms with Gasteiger partial charge >= 0.3 is 0 Å². The van der Waals surface area contributed by atoms with Crippen molar-refractivity contribution in [1.82, 2.24) is 9.80 Å². The fourth-order valence-electron chi connectivity index (χ4n) is 2.53. The van der Waals surface area contributed by atoms with Crippen LogP contribution in [0.5, 0.6) is 0 Å². The van der Waals surface area contributed by atoms with E-state index in [0.717, 1.165) is 37.7 Å².